The molecule has 0 aliphatic carbocycles. The lowest BCUT2D eigenvalue weighted by molar-refractivity contribution is 1.18. The molecule has 9 aromatic carbocycles. The number of aromatic nitrogens is 1. The zero-order valence-corrected chi connectivity index (χ0v) is 28.4. The Hall–Kier alpha value is -6.42. The highest BCUT2D eigenvalue weighted by Gasteiger charge is 2.21. The van der Waals surface area contributed by atoms with Gasteiger partial charge in [0.2, 0.25) is 0 Å². The molecule has 0 saturated carbocycles. The highest BCUT2D eigenvalue weighted by Crippen LogP contribution is 2.47. The summed E-state index contributed by atoms with van der Waals surface area (Å²) in [4.78, 5) is 2.47. The number of hydrogen-bond donors (Lipinski definition) is 0. The quantitative estimate of drug-likeness (QED) is 0.170. The van der Waals surface area contributed by atoms with Crippen molar-refractivity contribution >= 4 is 103 Å². The van der Waals surface area contributed by atoms with Gasteiger partial charge in [-0.05, 0) is 93.0 Å². The Morgan fingerprint density at radius 3 is 1.94 bits per heavy atom. The topological polar surface area (TPSA) is 8.17 Å². The standard InChI is InChI=1S/C48H30N2S/c1-2-12-34(13-3-1)50-43-18-8-6-15-39(43)42-30-36(26-28-44(42)50)49(45-19-10-17-41-40-16-7-9-20-46(40)51-48(41)45)35-25-27-38-33(29-35)24-23-32-22-21-31-11-4-5-14-37(31)47(32)38/h1-30H. The number of fused-ring (bicyclic) bond motifs is 11. The first-order chi connectivity index (χ1) is 25.3. The molecular weight excluding hydrogens is 637 g/mol. The molecule has 2 aromatic heterocycles. The van der Waals surface area contributed by atoms with Gasteiger partial charge < -0.3 is 9.47 Å². The van der Waals surface area contributed by atoms with E-state index in [-0.39, 0.29) is 0 Å². The van der Waals surface area contributed by atoms with Crippen LogP contribution in [0.1, 0.15) is 0 Å². The smallest absolute Gasteiger partial charge is 0.0640 e. The molecule has 0 unspecified atom stereocenters. The Morgan fingerprint density at radius 2 is 1.04 bits per heavy atom. The van der Waals surface area contributed by atoms with Crippen molar-refractivity contribution in [1.29, 1.82) is 0 Å². The Morgan fingerprint density at radius 1 is 0.392 bits per heavy atom. The molecule has 0 fully saturated rings. The van der Waals surface area contributed by atoms with Crippen molar-refractivity contribution in [2.45, 2.75) is 0 Å². The van der Waals surface area contributed by atoms with Crippen LogP contribution in [0.3, 0.4) is 0 Å². The second-order valence-electron chi connectivity index (χ2n) is 13.3. The zero-order chi connectivity index (χ0) is 33.5. The molecular formula is C48H30N2S. The van der Waals surface area contributed by atoms with E-state index in [0.29, 0.717) is 0 Å². The Labute approximate surface area is 298 Å². The van der Waals surface area contributed by atoms with E-state index in [1.165, 1.54) is 80.0 Å². The number of rotatable bonds is 4. The fourth-order valence-corrected chi connectivity index (χ4v) is 9.46. The molecule has 0 N–H and O–H groups in total. The molecule has 2 nitrogen and oxygen atoms in total. The lowest BCUT2D eigenvalue weighted by atomic mass is 9.96. The molecule has 11 aromatic rings. The summed E-state index contributed by atoms with van der Waals surface area (Å²) < 4.78 is 4.98. The van der Waals surface area contributed by atoms with Crippen molar-refractivity contribution in [2.75, 3.05) is 4.90 Å². The van der Waals surface area contributed by atoms with Crippen LogP contribution in [-0.4, -0.2) is 4.57 Å². The van der Waals surface area contributed by atoms with Crippen LogP contribution in [0.15, 0.2) is 182 Å². The molecule has 0 atom stereocenters. The summed E-state index contributed by atoms with van der Waals surface area (Å²) in [5.41, 5.74) is 7.03. The lowest BCUT2D eigenvalue weighted by Gasteiger charge is -2.27. The maximum atomic E-state index is 2.47. The number of anilines is 3. The van der Waals surface area contributed by atoms with Crippen LogP contribution in [0.5, 0.6) is 0 Å². The first-order valence-corrected chi connectivity index (χ1v) is 18.3. The minimum absolute atomic E-state index is 1.13. The van der Waals surface area contributed by atoms with Crippen LogP contribution in [0.4, 0.5) is 17.1 Å². The molecule has 0 radical (unpaired) electrons. The fraction of sp³-hybridized carbons (Fsp3) is 0. The molecule has 11 rings (SSSR count). The summed E-state index contributed by atoms with van der Waals surface area (Å²) in [5, 5.41) is 12.7. The third-order valence-corrected chi connectivity index (χ3v) is 11.7. The Bertz CT molecular complexity index is 3150. The monoisotopic (exact) mass is 666 g/mol. The third-order valence-electron chi connectivity index (χ3n) is 10.5. The van der Waals surface area contributed by atoms with E-state index < -0.39 is 0 Å². The van der Waals surface area contributed by atoms with E-state index in [1.807, 2.05) is 11.3 Å². The average Bonchev–Trinajstić information content (AvgIpc) is 3.74. The van der Waals surface area contributed by atoms with Crippen molar-refractivity contribution in [3.05, 3.63) is 182 Å². The average molecular weight is 667 g/mol. The van der Waals surface area contributed by atoms with E-state index in [4.69, 9.17) is 0 Å². The van der Waals surface area contributed by atoms with Crippen LogP contribution in [-0.2, 0) is 0 Å². The largest absolute Gasteiger partial charge is 0.309 e. The molecule has 0 aliphatic rings. The molecule has 2 heterocycles. The van der Waals surface area contributed by atoms with Crippen LogP contribution in [0.25, 0.3) is 80.0 Å². The number of nitrogens with zero attached hydrogens (tertiary/aromatic N) is 2. The second kappa shape index (κ2) is 11.0. The van der Waals surface area contributed by atoms with Gasteiger partial charge in [-0.25, -0.2) is 0 Å². The second-order valence-corrected chi connectivity index (χ2v) is 14.4. The van der Waals surface area contributed by atoms with Crippen molar-refractivity contribution in [2.24, 2.45) is 0 Å². The summed E-state index contributed by atoms with van der Waals surface area (Å²) in [6, 6.07) is 66.8. The Balaban J connectivity index is 1.20. The van der Waals surface area contributed by atoms with Gasteiger partial charge in [0, 0.05) is 43.3 Å². The molecule has 0 saturated heterocycles. The molecule has 3 heteroatoms. The van der Waals surface area contributed by atoms with Crippen molar-refractivity contribution in [3.63, 3.8) is 0 Å². The highest BCUT2D eigenvalue weighted by atomic mass is 32.1. The van der Waals surface area contributed by atoms with Gasteiger partial charge in [-0.2, -0.15) is 0 Å². The summed E-state index contributed by atoms with van der Waals surface area (Å²) in [7, 11) is 0. The van der Waals surface area contributed by atoms with Gasteiger partial charge in [0.15, 0.2) is 0 Å². The fourth-order valence-electron chi connectivity index (χ4n) is 8.25. The summed E-state index contributed by atoms with van der Waals surface area (Å²) >= 11 is 1.87. The van der Waals surface area contributed by atoms with Crippen LogP contribution in [0.2, 0.25) is 0 Å². The van der Waals surface area contributed by atoms with E-state index in [1.54, 1.807) is 0 Å². The van der Waals surface area contributed by atoms with Crippen LogP contribution >= 0.6 is 11.3 Å². The van der Waals surface area contributed by atoms with Crippen LogP contribution in [0, 0.1) is 0 Å². The minimum Gasteiger partial charge on any atom is -0.309 e. The zero-order valence-electron chi connectivity index (χ0n) is 27.6. The van der Waals surface area contributed by atoms with Gasteiger partial charge >= 0.3 is 0 Å². The Kier molecular flexibility index (Phi) is 6.16. The maximum absolute atomic E-state index is 2.47. The number of para-hydroxylation sites is 2. The molecule has 0 bridgehead atoms. The molecule has 0 spiro atoms. The van der Waals surface area contributed by atoms with E-state index in [2.05, 4.69) is 191 Å². The van der Waals surface area contributed by atoms with E-state index in [9.17, 15) is 0 Å². The van der Waals surface area contributed by atoms with E-state index in [0.717, 1.165) is 17.1 Å². The minimum atomic E-state index is 1.13. The number of thiophene rings is 1. The van der Waals surface area contributed by atoms with Crippen molar-refractivity contribution in [1.82, 2.24) is 4.57 Å². The first kappa shape index (κ1) is 28.4. The molecule has 0 amide bonds. The maximum Gasteiger partial charge on any atom is 0.0640 e. The predicted octanol–water partition coefficient (Wildman–Crippen LogP) is 14.1. The van der Waals surface area contributed by atoms with Crippen molar-refractivity contribution < 1.29 is 0 Å². The van der Waals surface area contributed by atoms with Gasteiger partial charge in [-0.3, -0.25) is 0 Å². The molecule has 238 valence electrons. The SMILES string of the molecule is c1ccc(-n2c3ccccc3c3cc(N(c4ccc5c(ccc6ccc7ccccc7c65)c4)c4cccc5c4sc4ccccc45)ccc32)cc1. The summed E-state index contributed by atoms with van der Waals surface area (Å²) in [6.07, 6.45) is 0. The van der Waals surface area contributed by atoms with Gasteiger partial charge in [-0.1, -0.05) is 121 Å². The van der Waals surface area contributed by atoms with Gasteiger partial charge in [0.1, 0.15) is 0 Å². The molecule has 0 aliphatic heterocycles. The normalized spacial score (nSPS) is 11.9. The van der Waals surface area contributed by atoms with Gasteiger partial charge in [-0.15, -0.1) is 11.3 Å². The summed E-state index contributed by atoms with van der Waals surface area (Å²) in [5.74, 6) is 0. The summed E-state index contributed by atoms with van der Waals surface area (Å²) in [6.45, 7) is 0. The molecule has 51 heavy (non-hydrogen) atoms. The first-order valence-electron chi connectivity index (χ1n) is 17.4. The van der Waals surface area contributed by atoms with Gasteiger partial charge in [0.25, 0.3) is 0 Å². The lowest BCUT2D eigenvalue weighted by Crippen LogP contribution is -2.10. The highest BCUT2D eigenvalue weighted by molar-refractivity contribution is 7.26. The third kappa shape index (κ3) is 4.29. The van der Waals surface area contributed by atoms with E-state index >= 15 is 0 Å². The number of hydrogen-bond acceptors (Lipinski definition) is 2. The van der Waals surface area contributed by atoms with Crippen molar-refractivity contribution in [3.8, 4) is 5.69 Å². The van der Waals surface area contributed by atoms with Gasteiger partial charge in [0.05, 0.1) is 21.4 Å². The van der Waals surface area contributed by atoms with Crippen LogP contribution < -0.4 is 4.90 Å². The predicted molar refractivity (Wildman–Crippen MR) is 221 cm³/mol. The number of benzene rings is 9.